The van der Waals surface area contributed by atoms with Gasteiger partial charge in [-0.05, 0) is 36.6 Å². The molecule has 0 aliphatic rings. The molecule has 0 radical (unpaired) electrons. The van der Waals surface area contributed by atoms with Crippen LogP contribution in [0.25, 0.3) is 0 Å². The molecule has 0 aliphatic carbocycles. The van der Waals surface area contributed by atoms with Crippen molar-refractivity contribution in [1.29, 1.82) is 0 Å². The zero-order valence-corrected chi connectivity index (χ0v) is 14.7. The molecule has 1 atom stereocenters. The van der Waals surface area contributed by atoms with Gasteiger partial charge in [-0.3, -0.25) is 4.79 Å². The number of carbonyl (C=O) groups is 1. The minimum atomic E-state index is -0.338. The molecule has 0 fully saturated rings. The summed E-state index contributed by atoms with van der Waals surface area (Å²) in [5.74, 6) is 5.31. The second kappa shape index (κ2) is 11.0. The van der Waals surface area contributed by atoms with Gasteiger partial charge in [0.05, 0.1) is 6.61 Å². The van der Waals surface area contributed by atoms with E-state index < -0.39 is 0 Å². The van der Waals surface area contributed by atoms with E-state index in [4.69, 9.17) is 5.11 Å². The average Bonchev–Trinajstić information content (AvgIpc) is 2.62. The van der Waals surface area contributed by atoms with Crippen molar-refractivity contribution < 1.29 is 14.3 Å². The quantitative estimate of drug-likeness (QED) is 0.454. The topological polar surface area (TPSA) is 49.3 Å². The number of carbonyl (C=O) groups excluding carboxylic acids is 1. The molecule has 1 unspecified atom stereocenters. The highest BCUT2D eigenvalue weighted by Gasteiger charge is 2.14. The van der Waals surface area contributed by atoms with E-state index in [1.807, 2.05) is 13.8 Å². The summed E-state index contributed by atoms with van der Waals surface area (Å²) in [7, 11) is 0. The molecule has 0 saturated heterocycles. The van der Waals surface area contributed by atoms with Gasteiger partial charge in [-0.2, -0.15) is 0 Å². The van der Waals surface area contributed by atoms with E-state index in [-0.39, 0.29) is 30.8 Å². The molecule has 0 aliphatic heterocycles. The first-order chi connectivity index (χ1) is 12.0. The summed E-state index contributed by atoms with van der Waals surface area (Å²) >= 11 is 0. The number of benzene rings is 1. The van der Waals surface area contributed by atoms with Crippen LogP contribution in [0.5, 0.6) is 0 Å². The Morgan fingerprint density at radius 2 is 2.20 bits per heavy atom. The largest absolute Gasteiger partial charge is 0.395 e. The van der Waals surface area contributed by atoms with Crippen molar-refractivity contribution in [3.63, 3.8) is 0 Å². The normalized spacial score (nSPS) is 12.8. The Balaban J connectivity index is 3.05. The van der Waals surface area contributed by atoms with Crippen molar-refractivity contribution in [3.05, 3.63) is 71.6 Å². The van der Waals surface area contributed by atoms with Gasteiger partial charge < -0.3 is 10.4 Å². The van der Waals surface area contributed by atoms with E-state index in [2.05, 4.69) is 23.7 Å². The number of rotatable bonds is 7. The summed E-state index contributed by atoms with van der Waals surface area (Å²) in [6.45, 7) is 7.79. The molecule has 0 bridgehead atoms. The zero-order valence-electron chi connectivity index (χ0n) is 14.7. The molecule has 1 aromatic carbocycles. The SMILES string of the molecule is C=CC(C#Cc1cccc(F)c1)=CC=C(C(=O)NCCO)C(C)CC. The molecule has 1 aromatic rings. The summed E-state index contributed by atoms with van der Waals surface area (Å²) in [4.78, 5) is 12.2. The van der Waals surface area contributed by atoms with Crippen LogP contribution >= 0.6 is 0 Å². The van der Waals surface area contributed by atoms with Gasteiger partial charge in [-0.1, -0.05) is 50.5 Å². The first-order valence-electron chi connectivity index (χ1n) is 8.22. The number of hydrogen-bond donors (Lipinski definition) is 2. The van der Waals surface area contributed by atoms with Gasteiger partial charge in [0.15, 0.2) is 0 Å². The van der Waals surface area contributed by atoms with E-state index >= 15 is 0 Å². The molecular formula is C21H24FNO2. The molecule has 2 N–H and O–H groups in total. The Bertz CT molecular complexity index is 723. The maximum Gasteiger partial charge on any atom is 0.247 e. The van der Waals surface area contributed by atoms with Gasteiger partial charge >= 0.3 is 0 Å². The third kappa shape index (κ3) is 7.19. The molecule has 0 aromatic heterocycles. The van der Waals surface area contributed by atoms with Gasteiger partial charge in [0.25, 0.3) is 0 Å². The molecule has 3 nitrogen and oxygen atoms in total. The molecular weight excluding hydrogens is 317 g/mol. The molecule has 1 amide bonds. The summed E-state index contributed by atoms with van der Waals surface area (Å²) < 4.78 is 13.2. The number of aliphatic hydroxyl groups is 1. The number of nitrogens with one attached hydrogen (secondary N) is 1. The molecule has 132 valence electrons. The van der Waals surface area contributed by atoms with Crippen LogP contribution in [0.4, 0.5) is 4.39 Å². The second-order valence-corrected chi connectivity index (χ2v) is 5.50. The molecule has 25 heavy (non-hydrogen) atoms. The maximum atomic E-state index is 13.2. The molecule has 1 rings (SSSR count). The third-order valence-corrected chi connectivity index (χ3v) is 3.64. The number of amides is 1. The van der Waals surface area contributed by atoms with Gasteiger partial charge in [0.1, 0.15) is 5.82 Å². The average molecular weight is 341 g/mol. The summed E-state index contributed by atoms with van der Waals surface area (Å²) in [5.41, 5.74) is 1.81. The lowest BCUT2D eigenvalue weighted by Crippen LogP contribution is -2.29. The Hall–Kier alpha value is -2.64. The minimum absolute atomic E-state index is 0.0668. The summed E-state index contributed by atoms with van der Waals surface area (Å²) in [6, 6.07) is 6.04. The molecule has 0 saturated carbocycles. The smallest absolute Gasteiger partial charge is 0.247 e. The lowest BCUT2D eigenvalue weighted by molar-refractivity contribution is -0.118. The van der Waals surface area contributed by atoms with Crippen LogP contribution in [0, 0.1) is 23.6 Å². The lowest BCUT2D eigenvalue weighted by atomic mass is 9.96. The summed E-state index contributed by atoms with van der Waals surface area (Å²) in [5, 5.41) is 11.5. The van der Waals surface area contributed by atoms with Crippen molar-refractivity contribution in [3.8, 4) is 11.8 Å². The van der Waals surface area contributed by atoms with Crippen LogP contribution in [-0.2, 0) is 4.79 Å². The Morgan fingerprint density at radius 3 is 2.80 bits per heavy atom. The van der Waals surface area contributed by atoms with Crippen molar-refractivity contribution in [1.82, 2.24) is 5.32 Å². The Labute approximate surface area is 149 Å². The van der Waals surface area contributed by atoms with Gasteiger partial charge in [0, 0.05) is 23.3 Å². The highest BCUT2D eigenvalue weighted by atomic mass is 19.1. The lowest BCUT2D eigenvalue weighted by Gasteiger charge is -2.13. The first-order valence-corrected chi connectivity index (χ1v) is 8.22. The van der Waals surface area contributed by atoms with Gasteiger partial charge in [-0.25, -0.2) is 4.39 Å². The second-order valence-electron chi connectivity index (χ2n) is 5.50. The highest BCUT2D eigenvalue weighted by molar-refractivity contribution is 5.94. The van der Waals surface area contributed by atoms with Crippen molar-refractivity contribution in [2.45, 2.75) is 20.3 Å². The number of halogens is 1. The summed E-state index contributed by atoms with van der Waals surface area (Å²) in [6.07, 6.45) is 5.84. The van der Waals surface area contributed by atoms with E-state index in [9.17, 15) is 9.18 Å². The van der Waals surface area contributed by atoms with Crippen LogP contribution in [0.2, 0.25) is 0 Å². The predicted octanol–water partition coefficient (Wildman–Crippen LogP) is 3.37. The van der Waals surface area contributed by atoms with Crippen molar-refractivity contribution in [2.24, 2.45) is 5.92 Å². The van der Waals surface area contributed by atoms with E-state index in [0.717, 1.165) is 6.42 Å². The highest BCUT2D eigenvalue weighted by Crippen LogP contribution is 2.15. The maximum absolute atomic E-state index is 13.2. The van der Waals surface area contributed by atoms with Crippen molar-refractivity contribution >= 4 is 5.91 Å². The van der Waals surface area contributed by atoms with Crippen LogP contribution in [0.3, 0.4) is 0 Å². The van der Waals surface area contributed by atoms with Crippen molar-refractivity contribution in [2.75, 3.05) is 13.2 Å². The number of hydrogen-bond acceptors (Lipinski definition) is 2. The Morgan fingerprint density at radius 1 is 1.44 bits per heavy atom. The predicted molar refractivity (Wildman–Crippen MR) is 99.2 cm³/mol. The third-order valence-electron chi connectivity index (χ3n) is 3.64. The van der Waals surface area contributed by atoms with Crippen LogP contribution in [0.15, 0.2) is 60.2 Å². The minimum Gasteiger partial charge on any atom is -0.395 e. The number of allylic oxidation sites excluding steroid dienone is 4. The fourth-order valence-electron chi connectivity index (χ4n) is 2.01. The number of aliphatic hydroxyl groups excluding tert-OH is 1. The molecule has 0 heterocycles. The van der Waals surface area contributed by atoms with Gasteiger partial charge in [0.2, 0.25) is 5.91 Å². The standard InChI is InChI=1S/C21H24FNO2/c1-4-16(3)20(21(25)23-13-14-24)12-11-17(5-2)9-10-18-7-6-8-19(22)15-18/h5-8,11-12,15-16,24H,2,4,13-14H2,1,3H3,(H,23,25). The monoisotopic (exact) mass is 341 g/mol. The van der Waals surface area contributed by atoms with Gasteiger partial charge in [-0.15, -0.1) is 0 Å². The molecule has 0 spiro atoms. The fraction of sp³-hybridized carbons (Fsp3) is 0.286. The van der Waals surface area contributed by atoms with Crippen LogP contribution in [-0.4, -0.2) is 24.2 Å². The van der Waals surface area contributed by atoms with Crippen LogP contribution < -0.4 is 5.32 Å². The Kier molecular flexibility index (Phi) is 8.99. The molecule has 4 heteroatoms. The first kappa shape index (κ1) is 20.4. The van der Waals surface area contributed by atoms with E-state index in [1.165, 1.54) is 12.1 Å². The zero-order chi connectivity index (χ0) is 18.7. The van der Waals surface area contributed by atoms with E-state index in [1.54, 1.807) is 30.4 Å². The van der Waals surface area contributed by atoms with E-state index in [0.29, 0.717) is 16.7 Å². The van der Waals surface area contributed by atoms with Crippen LogP contribution in [0.1, 0.15) is 25.8 Å². The fourth-order valence-corrected chi connectivity index (χ4v) is 2.01.